The van der Waals surface area contributed by atoms with Gasteiger partial charge in [-0.1, -0.05) is 35.5 Å². The van der Waals surface area contributed by atoms with Gasteiger partial charge in [-0.2, -0.15) is 0 Å². The van der Waals surface area contributed by atoms with Crippen LogP contribution in [0.4, 0.5) is 5.82 Å². The molecule has 0 atom stereocenters. The molecule has 4 rings (SSSR count). The SMILES string of the molecule is COc1cccc(OC)c1SNc1noc2c1CCc1ccccc1-2. The number of ether oxygens (including phenoxy) is 2. The zero-order valence-electron chi connectivity index (χ0n) is 14.0. The second-order valence-corrected chi connectivity index (χ2v) is 6.51. The Morgan fingerprint density at radius 1 is 1.00 bits per heavy atom. The number of aromatic nitrogens is 1. The third-order valence-corrected chi connectivity index (χ3v) is 5.23. The highest BCUT2D eigenvalue weighted by Gasteiger charge is 2.24. The summed E-state index contributed by atoms with van der Waals surface area (Å²) in [4.78, 5) is 0.875. The first-order valence-corrected chi connectivity index (χ1v) is 8.84. The molecule has 1 heterocycles. The Kier molecular flexibility index (Phi) is 4.28. The predicted octanol–water partition coefficient (Wildman–Crippen LogP) is 4.58. The van der Waals surface area contributed by atoms with Gasteiger partial charge in [-0.15, -0.1) is 0 Å². The first-order chi connectivity index (χ1) is 12.3. The van der Waals surface area contributed by atoms with Gasteiger partial charge in [-0.3, -0.25) is 0 Å². The van der Waals surface area contributed by atoms with Crippen LogP contribution in [0.25, 0.3) is 11.3 Å². The summed E-state index contributed by atoms with van der Waals surface area (Å²) in [6.45, 7) is 0. The quantitative estimate of drug-likeness (QED) is 0.677. The van der Waals surface area contributed by atoms with E-state index >= 15 is 0 Å². The van der Waals surface area contributed by atoms with Gasteiger partial charge in [-0.25, -0.2) is 0 Å². The lowest BCUT2D eigenvalue weighted by atomic mass is 9.91. The van der Waals surface area contributed by atoms with Gasteiger partial charge in [-0.05, 0) is 42.5 Å². The Bertz CT molecular complexity index is 885. The number of anilines is 1. The molecule has 0 spiro atoms. The van der Waals surface area contributed by atoms with E-state index in [1.807, 2.05) is 24.3 Å². The van der Waals surface area contributed by atoms with Crippen molar-refractivity contribution >= 4 is 17.8 Å². The van der Waals surface area contributed by atoms with Gasteiger partial charge in [0.2, 0.25) is 0 Å². The normalized spacial score (nSPS) is 12.2. The number of hydrogen-bond acceptors (Lipinski definition) is 6. The van der Waals surface area contributed by atoms with Crippen LogP contribution in [-0.2, 0) is 12.8 Å². The fraction of sp³-hybridized carbons (Fsp3) is 0.211. The Morgan fingerprint density at radius 2 is 1.76 bits per heavy atom. The topological polar surface area (TPSA) is 56.5 Å². The smallest absolute Gasteiger partial charge is 0.183 e. The van der Waals surface area contributed by atoms with E-state index in [4.69, 9.17) is 14.0 Å². The highest BCUT2D eigenvalue weighted by Crippen LogP contribution is 2.41. The van der Waals surface area contributed by atoms with Crippen molar-refractivity contribution in [2.24, 2.45) is 0 Å². The van der Waals surface area contributed by atoms with Crippen LogP contribution in [0, 0.1) is 0 Å². The maximum absolute atomic E-state index is 5.63. The Morgan fingerprint density at radius 3 is 2.52 bits per heavy atom. The van der Waals surface area contributed by atoms with E-state index in [1.165, 1.54) is 17.5 Å². The van der Waals surface area contributed by atoms with E-state index in [1.54, 1.807) is 14.2 Å². The lowest BCUT2D eigenvalue weighted by Gasteiger charge is -2.15. The summed E-state index contributed by atoms with van der Waals surface area (Å²) >= 11 is 1.41. The van der Waals surface area contributed by atoms with E-state index in [2.05, 4.69) is 28.1 Å². The van der Waals surface area contributed by atoms with Gasteiger partial charge in [0, 0.05) is 11.1 Å². The molecule has 0 saturated heterocycles. The van der Waals surface area contributed by atoms with Crippen molar-refractivity contribution in [1.82, 2.24) is 5.16 Å². The molecule has 0 saturated carbocycles. The van der Waals surface area contributed by atoms with Crippen molar-refractivity contribution in [3.8, 4) is 22.8 Å². The van der Waals surface area contributed by atoms with E-state index in [-0.39, 0.29) is 0 Å². The van der Waals surface area contributed by atoms with Crippen molar-refractivity contribution < 1.29 is 14.0 Å². The molecule has 2 aromatic carbocycles. The molecule has 0 unspecified atom stereocenters. The Balaban J connectivity index is 1.62. The van der Waals surface area contributed by atoms with Crippen LogP contribution in [0.3, 0.4) is 0 Å². The van der Waals surface area contributed by atoms with Crippen LogP contribution in [0.15, 0.2) is 51.9 Å². The average Bonchev–Trinajstić information content (AvgIpc) is 3.09. The fourth-order valence-corrected chi connectivity index (χ4v) is 3.93. The van der Waals surface area contributed by atoms with Gasteiger partial charge < -0.3 is 18.7 Å². The second kappa shape index (κ2) is 6.72. The minimum atomic E-state index is 0.750. The summed E-state index contributed by atoms with van der Waals surface area (Å²) in [7, 11) is 3.29. The van der Waals surface area contributed by atoms with E-state index in [0.29, 0.717) is 0 Å². The molecule has 25 heavy (non-hydrogen) atoms. The molecule has 6 heteroatoms. The van der Waals surface area contributed by atoms with E-state index in [0.717, 1.165) is 51.9 Å². The summed E-state index contributed by atoms with van der Waals surface area (Å²) in [5.41, 5.74) is 3.54. The predicted molar refractivity (Wildman–Crippen MR) is 98.4 cm³/mol. The monoisotopic (exact) mass is 354 g/mol. The molecule has 128 valence electrons. The van der Waals surface area contributed by atoms with Crippen molar-refractivity contribution in [3.05, 3.63) is 53.6 Å². The van der Waals surface area contributed by atoms with E-state index < -0.39 is 0 Å². The van der Waals surface area contributed by atoms with Gasteiger partial charge in [0.25, 0.3) is 0 Å². The minimum Gasteiger partial charge on any atom is -0.495 e. The summed E-state index contributed by atoms with van der Waals surface area (Å²) in [5, 5.41) is 4.23. The first kappa shape index (κ1) is 15.9. The summed E-state index contributed by atoms with van der Waals surface area (Å²) in [6.07, 6.45) is 1.89. The third-order valence-electron chi connectivity index (χ3n) is 4.33. The number of aryl methyl sites for hydroxylation is 1. The first-order valence-electron chi connectivity index (χ1n) is 8.02. The van der Waals surface area contributed by atoms with Crippen molar-refractivity contribution in [3.63, 3.8) is 0 Å². The number of hydrogen-bond donors (Lipinski definition) is 1. The number of nitrogens with one attached hydrogen (secondary N) is 1. The number of rotatable bonds is 5. The molecule has 0 amide bonds. The molecule has 3 aromatic rings. The lowest BCUT2D eigenvalue weighted by molar-refractivity contribution is 0.376. The molecule has 0 radical (unpaired) electrons. The molecule has 1 aromatic heterocycles. The summed E-state index contributed by atoms with van der Waals surface area (Å²) in [6, 6.07) is 14.0. The van der Waals surface area contributed by atoms with Crippen LogP contribution in [0.2, 0.25) is 0 Å². The molecule has 0 fully saturated rings. The zero-order chi connectivity index (χ0) is 17.2. The number of benzene rings is 2. The highest BCUT2D eigenvalue weighted by molar-refractivity contribution is 8.00. The van der Waals surface area contributed by atoms with E-state index in [9.17, 15) is 0 Å². The van der Waals surface area contributed by atoms with Crippen LogP contribution >= 0.6 is 11.9 Å². The molecular weight excluding hydrogens is 336 g/mol. The summed E-state index contributed by atoms with van der Waals surface area (Å²) in [5.74, 6) is 3.11. The van der Waals surface area contributed by atoms with Gasteiger partial charge in [0.1, 0.15) is 16.4 Å². The maximum Gasteiger partial charge on any atom is 0.183 e. The number of nitrogens with zero attached hydrogens (tertiary/aromatic N) is 1. The van der Waals surface area contributed by atoms with Crippen molar-refractivity contribution in [1.29, 1.82) is 0 Å². The summed E-state index contributed by atoms with van der Waals surface area (Å²) < 4.78 is 19.8. The molecular formula is C19H18N2O3S. The van der Waals surface area contributed by atoms with Crippen molar-refractivity contribution in [2.45, 2.75) is 17.7 Å². The fourth-order valence-electron chi connectivity index (χ4n) is 3.07. The largest absolute Gasteiger partial charge is 0.495 e. The Labute approximate surface area is 150 Å². The third kappa shape index (κ3) is 2.82. The van der Waals surface area contributed by atoms with Gasteiger partial charge >= 0.3 is 0 Å². The zero-order valence-corrected chi connectivity index (χ0v) is 14.9. The highest BCUT2D eigenvalue weighted by atomic mass is 32.2. The molecule has 1 N–H and O–H groups in total. The molecule has 1 aliphatic rings. The molecule has 0 aliphatic heterocycles. The van der Waals surface area contributed by atoms with Crippen LogP contribution < -0.4 is 14.2 Å². The average molecular weight is 354 g/mol. The van der Waals surface area contributed by atoms with Crippen LogP contribution in [0.5, 0.6) is 11.5 Å². The molecule has 5 nitrogen and oxygen atoms in total. The van der Waals surface area contributed by atoms with Crippen LogP contribution in [0.1, 0.15) is 11.1 Å². The molecule has 0 bridgehead atoms. The minimum absolute atomic E-state index is 0.750. The van der Waals surface area contributed by atoms with Gasteiger partial charge in [0.15, 0.2) is 11.6 Å². The lowest BCUT2D eigenvalue weighted by Crippen LogP contribution is -2.03. The number of methoxy groups -OCH3 is 2. The second-order valence-electron chi connectivity index (χ2n) is 5.69. The maximum atomic E-state index is 5.63. The Hall–Kier alpha value is -2.60. The standard InChI is InChI=1S/C19H18N2O3S/c1-22-15-8-5-9-16(23-2)18(15)25-21-19-14-11-10-12-6-3-4-7-13(12)17(14)24-20-19/h3-9H,10-11H2,1-2H3,(H,20,21). The van der Waals surface area contributed by atoms with Crippen molar-refractivity contribution in [2.75, 3.05) is 18.9 Å². The number of fused-ring (bicyclic) bond motifs is 3. The van der Waals surface area contributed by atoms with Gasteiger partial charge in [0.05, 0.1) is 14.2 Å². The molecule has 1 aliphatic carbocycles. The van der Waals surface area contributed by atoms with Crippen LogP contribution in [-0.4, -0.2) is 19.4 Å².